The molecule has 0 unspecified atom stereocenters. The molecule has 1 amide bonds. The van der Waals surface area contributed by atoms with Crippen LogP contribution in [0, 0.1) is 13.8 Å². The SMILES string of the molecule is Cc1ccc(N([C@@H](C)C(=O)NCCOc2ccc(S(=O)(=O)N3CCOCC3)cc2)S(C)(=O)=O)cc1C. The number of carbonyl (C=O) groups excluding carboxylic acids is 1. The fourth-order valence-corrected chi connectivity index (χ4v) is 6.38. The van der Waals surface area contributed by atoms with Crippen molar-refractivity contribution in [3.63, 3.8) is 0 Å². The summed E-state index contributed by atoms with van der Waals surface area (Å²) < 4.78 is 63.6. The van der Waals surface area contributed by atoms with Crippen molar-refractivity contribution >= 4 is 31.6 Å². The van der Waals surface area contributed by atoms with Gasteiger partial charge in [-0.3, -0.25) is 9.10 Å². The average molecular weight is 540 g/mol. The van der Waals surface area contributed by atoms with Crippen molar-refractivity contribution in [2.45, 2.75) is 31.7 Å². The third-order valence-corrected chi connectivity index (χ3v) is 9.09. The van der Waals surface area contributed by atoms with Gasteiger partial charge in [0.1, 0.15) is 18.4 Å². The molecule has 0 aromatic heterocycles. The molecule has 0 bridgehead atoms. The van der Waals surface area contributed by atoms with E-state index in [1.807, 2.05) is 19.9 Å². The van der Waals surface area contributed by atoms with Crippen LogP contribution in [-0.2, 0) is 29.6 Å². The predicted octanol–water partition coefficient (Wildman–Crippen LogP) is 1.67. The van der Waals surface area contributed by atoms with Gasteiger partial charge in [-0.05, 0) is 68.3 Å². The Labute approximate surface area is 213 Å². The molecule has 2 aromatic rings. The molecule has 1 saturated heterocycles. The van der Waals surface area contributed by atoms with E-state index in [2.05, 4.69) is 5.32 Å². The maximum Gasteiger partial charge on any atom is 0.243 e. The molecule has 198 valence electrons. The number of sulfonamides is 2. The van der Waals surface area contributed by atoms with E-state index < -0.39 is 32.0 Å². The van der Waals surface area contributed by atoms with Crippen molar-refractivity contribution in [2.24, 2.45) is 0 Å². The summed E-state index contributed by atoms with van der Waals surface area (Å²) in [6.45, 7) is 6.98. The van der Waals surface area contributed by atoms with E-state index in [-0.39, 0.29) is 18.0 Å². The Hall–Kier alpha value is -2.67. The van der Waals surface area contributed by atoms with Crippen molar-refractivity contribution in [2.75, 3.05) is 50.0 Å². The highest BCUT2D eigenvalue weighted by molar-refractivity contribution is 7.92. The van der Waals surface area contributed by atoms with Gasteiger partial charge in [-0.1, -0.05) is 6.07 Å². The Kier molecular flexibility index (Phi) is 8.98. The number of nitrogens with one attached hydrogen (secondary N) is 1. The van der Waals surface area contributed by atoms with E-state index >= 15 is 0 Å². The Morgan fingerprint density at radius 3 is 2.28 bits per heavy atom. The van der Waals surface area contributed by atoms with Gasteiger partial charge in [-0.25, -0.2) is 16.8 Å². The molecule has 0 radical (unpaired) electrons. The van der Waals surface area contributed by atoms with Crippen molar-refractivity contribution in [3.8, 4) is 5.75 Å². The number of nitrogens with zero attached hydrogens (tertiary/aromatic N) is 2. The summed E-state index contributed by atoms with van der Waals surface area (Å²) in [7, 11) is -7.29. The summed E-state index contributed by atoms with van der Waals surface area (Å²) >= 11 is 0. The molecule has 1 N–H and O–H groups in total. The third kappa shape index (κ3) is 6.75. The summed E-state index contributed by atoms with van der Waals surface area (Å²) in [5.41, 5.74) is 2.37. The fourth-order valence-electron chi connectivity index (χ4n) is 3.81. The Morgan fingerprint density at radius 2 is 1.69 bits per heavy atom. The zero-order valence-corrected chi connectivity index (χ0v) is 22.6. The number of benzene rings is 2. The normalized spacial score (nSPS) is 15.8. The van der Waals surface area contributed by atoms with E-state index in [1.165, 1.54) is 23.4 Å². The molecule has 3 rings (SSSR count). The summed E-state index contributed by atoms with van der Waals surface area (Å²) in [6, 6.07) is 10.4. The standard InChI is InChI=1S/C24H33N3O7S2/c1-18-5-6-21(17-19(18)2)27(35(4,29)30)20(3)24(28)25-11-14-34-22-7-9-23(10-8-22)36(31,32)26-12-15-33-16-13-26/h5-10,17,20H,11-16H2,1-4H3,(H,25,28)/t20-/m0/s1. The molecule has 1 atom stereocenters. The van der Waals surface area contributed by atoms with Gasteiger partial charge in [-0.2, -0.15) is 4.31 Å². The van der Waals surface area contributed by atoms with E-state index in [0.29, 0.717) is 37.7 Å². The van der Waals surface area contributed by atoms with Gasteiger partial charge in [-0.15, -0.1) is 0 Å². The molecule has 10 nitrogen and oxygen atoms in total. The summed E-state index contributed by atoms with van der Waals surface area (Å²) in [4.78, 5) is 12.9. The number of hydrogen-bond donors (Lipinski definition) is 1. The van der Waals surface area contributed by atoms with E-state index in [4.69, 9.17) is 9.47 Å². The first-order chi connectivity index (χ1) is 16.9. The van der Waals surface area contributed by atoms with Crippen LogP contribution >= 0.6 is 0 Å². The first-order valence-corrected chi connectivity index (χ1v) is 14.9. The lowest BCUT2D eigenvalue weighted by molar-refractivity contribution is -0.121. The minimum atomic E-state index is -3.71. The van der Waals surface area contributed by atoms with Crippen LogP contribution in [-0.4, -0.2) is 78.8 Å². The fraction of sp³-hybridized carbons (Fsp3) is 0.458. The highest BCUT2D eigenvalue weighted by Gasteiger charge is 2.29. The van der Waals surface area contributed by atoms with Gasteiger partial charge in [0, 0.05) is 13.1 Å². The van der Waals surface area contributed by atoms with Crippen molar-refractivity contribution in [1.29, 1.82) is 0 Å². The number of amides is 1. The number of rotatable bonds is 10. The third-order valence-electron chi connectivity index (χ3n) is 5.94. The molecule has 0 spiro atoms. The van der Waals surface area contributed by atoms with Gasteiger partial charge >= 0.3 is 0 Å². The van der Waals surface area contributed by atoms with E-state index in [0.717, 1.165) is 21.7 Å². The monoisotopic (exact) mass is 539 g/mol. The minimum Gasteiger partial charge on any atom is -0.492 e. The van der Waals surface area contributed by atoms with Crippen LogP contribution in [0.3, 0.4) is 0 Å². The topological polar surface area (TPSA) is 122 Å². The van der Waals surface area contributed by atoms with Crippen LogP contribution in [0.4, 0.5) is 5.69 Å². The molecule has 36 heavy (non-hydrogen) atoms. The van der Waals surface area contributed by atoms with E-state index in [9.17, 15) is 21.6 Å². The number of hydrogen-bond acceptors (Lipinski definition) is 7. The number of carbonyl (C=O) groups is 1. The van der Waals surface area contributed by atoms with Crippen molar-refractivity contribution in [1.82, 2.24) is 9.62 Å². The Bertz CT molecular complexity index is 1270. The second-order valence-electron chi connectivity index (χ2n) is 8.63. The lowest BCUT2D eigenvalue weighted by atomic mass is 10.1. The van der Waals surface area contributed by atoms with Gasteiger partial charge in [0.2, 0.25) is 26.0 Å². The zero-order valence-electron chi connectivity index (χ0n) is 20.9. The molecular formula is C24H33N3O7S2. The molecule has 0 aliphatic carbocycles. The molecule has 2 aromatic carbocycles. The molecule has 0 saturated carbocycles. The summed E-state index contributed by atoms with van der Waals surface area (Å²) in [5, 5.41) is 2.70. The quantitative estimate of drug-likeness (QED) is 0.456. The van der Waals surface area contributed by atoms with Crippen LogP contribution in [0.5, 0.6) is 5.75 Å². The molecule has 1 aliphatic heterocycles. The highest BCUT2D eigenvalue weighted by Crippen LogP contribution is 2.24. The van der Waals surface area contributed by atoms with Crippen molar-refractivity contribution in [3.05, 3.63) is 53.6 Å². The van der Waals surface area contributed by atoms with Gasteiger partial charge < -0.3 is 14.8 Å². The van der Waals surface area contributed by atoms with Crippen LogP contribution in [0.25, 0.3) is 0 Å². The maximum absolute atomic E-state index is 12.7. The predicted molar refractivity (Wildman–Crippen MR) is 137 cm³/mol. The van der Waals surface area contributed by atoms with Gasteiger partial charge in [0.25, 0.3) is 0 Å². The number of morpholine rings is 1. The number of ether oxygens (including phenoxy) is 2. The van der Waals surface area contributed by atoms with Crippen LogP contribution < -0.4 is 14.4 Å². The molecule has 12 heteroatoms. The maximum atomic E-state index is 12.7. The lowest BCUT2D eigenvalue weighted by Crippen LogP contribution is -2.48. The lowest BCUT2D eigenvalue weighted by Gasteiger charge is -2.28. The highest BCUT2D eigenvalue weighted by atomic mass is 32.2. The van der Waals surface area contributed by atoms with Gasteiger partial charge in [0.15, 0.2) is 0 Å². The largest absolute Gasteiger partial charge is 0.492 e. The Balaban J connectivity index is 1.55. The molecule has 1 fully saturated rings. The smallest absolute Gasteiger partial charge is 0.243 e. The summed E-state index contributed by atoms with van der Waals surface area (Å²) in [6.07, 6.45) is 1.07. The average Bonchev–Trinajstić information content (AvgIpc) is 2.84. The van der Waals surface area contributed by atoms with E-state index in [1.54, 1.807) is 24.3 Å². The summed E-state index contributed by atoms with van der Waals surface area (Å²) in [5.74, 6) is -0.0136. The van der Waals surface area contributed by atoms with Crippen LogP contribution in [0.1, 0.15) is 18.1 Å². The van der Waals surface area contributed by atoms with Crippen LogP contribution in [0.15, 0.2) is 47.4 Å². The molecule has 1 heterocycles. The first kappa shape index (κ1) is 27.9. The number of aryl methyl sites for hydroxylation is 2. The minimum absolute atomic E-state index is 0.122. The first-order valence-electron chi connectivity index (χ1n) is 11.6. The zero-order chi connectivity index (χ0) is 26.5. The molecule has 1 aliphatic rings. The second-order valence-corrected chi connectivity index (χ2v) is 12.4. The molecular weight excluding hydrogens is 506 g/mol. The van der Waals surface area contributed by atoms with Crippen LogP contribution in [0.2, 0.25) is 0 Å². The number of anilines is 1. The van der Waals surface area contributed by atoms with Gasteiger partial charge in [0.05, 0.1) is 36.6 Å². The van der Waals surface area contributed by atoms with Crippen molar-refractivity contribution < 1.29 is 31.1 Å². The Morgan fingerprint density at radius 1 is 1.06 bits per heavy atom. The second kappa shape index (κ2) is 11.6.